The average Bonchev–Trinajstić information content (AvgIpc) is 3.31. The highest BCUT2D eigenvalue weighted by Gasteiger charge is 2.15. The van der Waals surface area contributed by atoms with Crippen molar-refractivity contribution in [3.63, 3.8) is 0 Å². The minimum Gasteiger partial charge on any atom is -0.354 e. The summed E-state index contributed by atoms with van der Waals surface area (Å²) in [6.07, 6.45) is 10.0. The van der Waals surface area contributed by atoms with E-state index < -0.39 is 0 Å². The van der Waals surface area contributed by atoms with E-state index in [4.69, 9.17) is 10.1 Å². The van der Waals surface area contributed by atoms with Crippen LogP contribution in [0.4, 0.5) is 5.82 Å². The maximum atomic E-state index is 4.85. The number of nitrogens with zero attached hydrogens (tertiary/aromatic N) is 7. The summed E-state index contributed by atoms with van der Waals surface area (Å²) < 4.78 is 1.93. The number of aromatic nitrogens is 6. The molecule has 1 N–H and O–H groups in total. The predicted octanol–water partition coefficient (Wildman–Crippen LogP) is 2.82. The van der Waals surface area contributed by atoms with Crippen molar-refractivity contribution >= 4 is 5.82 Å². The standard InChI is InChI=1S/C24H26N8/c1-2-32-17-20(24(30-32)19-4-3-8-26-16-19)21-7-9-27-22(29-21)14-18-5-6-23(28-15-18)31-12-10-25-11-13-31/h3-9,15-17,25H,2,10-14H2,1H3. The second kappa shape index (κ2) is 9.23. The van der Waals surface area contributed by atoms with Crippen LogP contribution in [0.2, 0.25) is 0 Å². The Morgan fingerprint density at radius 3 is 2.66 bits per heavy atom. The molecule has 5 rings (SSSR count). The van der Waals surface area contributed by atoms with Crippen LogP contribution < -0.4 is 10.2 Å². The van der Waals surface area contributed by atoms with Gasteiger partial charge in [0.25, 0.3) is 0 Å². The molecule has 4 aromatic rings. The highest BCUT2D eigenvalue weighted by molar-refractivity contribution is 5.78. The number of anilines is 1. The summed E-state index contributed by atoms with van der Waals surface area (Å²) >= 11 is 0. The van der Waals surface area contributed by atoms with E-state index in [1.807, 2.05) is 47.7 Å². The molecule has 1 fully saturated rings. The van der Waals surface area contributed by atoms with Crippen LogP contribution >= 0.6 is 0 Å². The lowest BCUT2D eigenvalue weighted by Crippen LogP contribution is -2.43. The Hall–Kier alpha value is -3.65. The van der Waals surface area contributed by atoms with Gasteiger partial charge in [0.05, 0.1) is 5.69 Å². The lowest BCUT2D eigenvalue weighted by Gasteiger charge is -2.28. The van der Waals surface area contributed by atoms with E-state index >= 15 is 0 Å². The first kappa shape index (κ1) is 20.3. The van der Waals surface area contributed by atoms with Crippen LogP contribution in [0.5, 0.6) is 0 Å². The number of nitrogens with one attached hydrogen (secondary N) is 1. The van der Waals surface area contributed by atoms with Crippen molar-refractivity contribution < 1.29 is 0 Å². The number of aryl methyl sites for hydroxylation is 1. The minimum atomic E-state index is 0.632. The van der Waals surface area contributed by atoms with Gasteiger partial charge in [-0.25, -0.2) is 15.0 Å². The topological polar surface area (TPSA) is 84.7 Å². The predicted molar refractivity (Wildman–Crippen MR) is 124 cm³/mol. The van der Waals surface area contributed by atoms with Crippen LogP contribution in [0, 0.1) is 0 Å². The van der Waals surface area contributed by atoms with Gasteiger partial charge >= 0.3 is 0 Å². The molecule has 162 valence electrons. The minimum absolute atomic E-state index is 0.632. The molecule has 8 nitrogen and oxygen atoms in total. The first-order chi connectivity index (χ1) is 15.8. The summed E-state index contributed by atoms with van der Waals surface area (Å²) in [6, 6.07) is 10.1. The fraction of sp³-hybridized carbons (Fsp3) is 0.292. The summed E-state index contributed by atoms with van der Waals surface area (Å²) in [5.41, 5.74) is 4.79. The molecule has 0 unspecified atom stereocenters. The van der Waals surface area contributed by atoms with Crippen molar-refractivity contribution in [3.8, 4) is 22.5 Å². The highest BCUT2D eigenvalue weighted by atomic mass is 15.3. The Morgan fingerprint density at radius 2 is 1.91 bits per heavy atom. The fourth-order valence-electron chi connectivity index (χ4n) is 3.91. The molecule has 5 heterocycles. The monoisotopic (exact) mass is 426 g/mol. The van der Waals surface area contributed by atoms with Gasteiger partial charge in [-0.3, -0.25) is 9.67 Å². The Kier molecular flexibility index (Phi) is 5.85. The number of hydrogen-bond donors (Lipinski definition) is 1. The third-order valence-electron chi connectivity index (χ3n) is 5.61. The van der Waals surface area contributed by atoms with Crippen molar-refractivity contribution in [2.75, 3.05) is 31.1 Å². The van der Waals surface area contributed by atoms with Gasteiger partial charge in [0.1, 0.15) is 17.3 Å². The van der Waals surface area contributed by atoms with E-state index in [0.29, 0.717) is 6.42 Å². The molecule has 0 spiro atoms. The molecule has 4 aromatic heterocycles. The Labute approximate surface area is 187 Å². The van der Waals surface area contributed by atoms with Gasteiger partial charge in [0.15, 0.2) is 0 Å². The van der Waals surface area contributed by atoms with Gasteiger partial charge in [-0.05, 0) is 36.8 Å². The molecule has 8 heteroatoms. The average molecular weight is 427 g/mol. The van der Waals surface area contributed by atoms with Gasteiger partial charge in [-0.1, -0.05) is 6.07 Å². The number of pyridine rings is 2. The fourth-order valence-corrected chi connectivity index (χ4v) is 3.91. The third kappa shape index (κ3) is 4.36. The van der Waals surface area contributed by atoms with E-state index in [-0.39, 0.29) is 0 Å². The molecule has 32 heavy (non-hydrogen) atoms. The maximum Gasteiger partial charge on any atom is 0.133 e. The molecule has 0 bridgehead atoms. The van der Waals surface area contributed by atoms with Gasteiger partial charge in [-0.15, -0.1) is 0 Å². The third-order valence-corrected chi connectivity index (χ3v) is 5.61. The van der Waals surface area contributed by atoms with Gasteiger partial charge in [0, 0.05) is 81.3 Å². The van der Waals surface area contributed by atoms with E-state index in [1.54, 1.807) is 6.20 Å². The van der Waals surface area contributed by atoms with Gasteiger partial charge in [-0.2, -0.15) is 5.10 Å². The number of hydrogen-bond acceptors (Lipinski definition) is 7. The number of piperazine rings is 1. The highest BCUT2D eigenvalue weighted by Crippen LogP contribution is 2.29. The van der Waals surface area contributed by atoms with Crippen LogP contribution in [0.1, 0.15) is 18.3 Å². The van der Waals surface area contributed by atoms with E-state index in [1.165, 1.54) is 0 Å². The molecule has 0 radical (unpaired) electrons. The van der Waals surface area contributed by atoms with Crippen molar-refractivity contribution in [1.29, 1.82) is 0 Å². The van der Waals surface area contributed by atoms with E-state index in [2.05, 4.69) is 44.2 Å². The van der Waals surface area contributed by atoms with Gasteiger partial charge < -0.3 is 10.2 Å². The SMILES string of the molecule is CCn1cc(-c2ccnc(Cc3ccc(N4CCNCC4)nc3)n2)c(-c2cccnc2)n1. The molecular formula is C24H26N8. The zero-order valence-electron chi connectivity index (χ0n) is 18.1. The largest absolute Gasteiger partial charge is 0.354 e. The van der Waals surface area contributed by atoms with Crippen molar-refractivity contribution in [3.05, 3.63) is 72.7 Å². The summed E-state index contributed by atoms with van der Waals surface area (Å²) in [4.78, 5) is 20.6. The molecular weight excluding hydrogens is 400 g/mol. The second-order valence-corrected chi connectivity index (χ2v) is 7.79. The first-order valence-electron chi connectivity index (χ1n) is 11.0. The molecule has 0 aromatic carbocycles. The lowest BCUT2D eigenvalue weighted by atomic mass is 10.1. The van der Waals surface area contributed by atoms with Crippen LogP contribution in [0.25, 0.3) is 22.5 Å². The molecule has 0 amide bonds. The van der Waals surface area contributed by atoms with Crippen molar-refractivity contribution in [2.45, 2.75) is 19.9 Å². The smallest absolute Gasteiger partial charge is 0.133 e. The Bertz CT molecular complexity index is 1160. The molecule has 1 aliphatic heterocycles. The maximum absolute atomic E-state index is 4.85. The quantitative estimate of drug-likeness (QED) is 0.507. The summed E-state index contributed by atoms with van der Waals surface area (Å²) in [5.74, 6) is 1.79. The molecule has 0 aliphatic carbocycles. The van der Waals surface area contributed by atoms with Crippen LogP contribution in [0.3, 0.4) is 0 Å². The first-order valence-corrected chi connectivity index (χ1v) is 11.0. The Balaban J connectivity index is 1.39. The van der Waals surface area contributed by atoms with E-state index in [9.17, 15) is 0 Å². The van der Waals surface area contributed by atoms with Crippen molar-refractivity contribution in [2.24, 2.45) is 0 Å². The summed E-state index contributed by atoms with van der Waals surface area (Å²) in [5, 5.41) is 8.11. The Morgan fingerprint density at radius 1 is 1.00 bits per heavy atom. The zero-order valence-corrected chi connectivity index (χ0v) is 18.1. The number of rotatable bonds is 6. The van der Waals surface area contributed by atoms with Crippen molar-refractivity contribution in [1.82, 2.24) is 35.0 Å². The molecule has 0 saturated carbocycles. The summed E-state index contributed by atoms with van der Waals surface area (Å²) in [7, 11) is 0. The van der Waals surface area contributed by atoms with Crippen LogP contribution in [-0.4, -0.2) is 55.9 Å². The second-order valence-electron chi connectivity index (χ2n) is 7.79. The molecule has 1 aliphatic rings. The molecule has 1 saturated heterocycles. The summed E-state index contributed by atoms with van der Waals surface area (Å²) in [6.45, 7) is 6.84. The lowest BCUT2D eigenvalue weighted by molar-refractivity contribution is 0.585. The molecule has 0 atom stereocenters. The normalized spacial score (nSPS) is 14.0. The van der Waals surface area contributed by atoms with Gasteiger partial charge in [0.2, 0.25) is 0 Å². The van der Waals surface area contributed by atoms with Crippen LogP contribution in [0.15, 0.2) is 61.3 Å². The van der Waals surface area contributed by atoms with E-state index in [0.717, 1.165) is 72.4 Å². The van der Waals surface area contributed by atoms with Crippen LogP contribution in [-0.2, 0) is 13.0 Å². The zero-order chi connectivity index (χ0) is 21.8.